The van der Waals surface area contributed by atoms with E-state index in [1.807, 2.05) is 0 Å². The molecule has 0 bridgehead atoms. The van der Waals surface area contributed by atoms with Crippen LogP contribution in [-0.4, -0.2) is 22.9 Å². The molecule has 156 valence electrons. The van der Waals surface area contributed by atoms with Gasteiger partial charge in [0, 0.05) is 0 Å². The second-order valence-corrected chi connectivity index (χ2v) is 10.5. The van der Waals surface area contributed by atoms with Gasteiger partial charge in [-0.15, -0.1) is 0 Å². The molecule has 30 heavy (non-hydrogen) atoms. The summed E-state index contributed by atoms with van der Waals surface area (Å²) in [6, 6.07) is 16.1. The Morgan fingerprint density at radius 2 is 1.30 bits per heavy atom. The van der Waals surface area contributed by atoms with E-state index in [1.165, 1.54) is 42.5 Å². The maximum Gasteiger partial charge on any atom is 0.333 e. The van der Waals surface area contributed by atoms with E-state index >= 15 is 0 Å². The molecule has 9 heteroatoms. The summed E-state index contributed by atoms with van der Waals surface area (Å²) in [6.45, 7) is 3.58. The maximum absolute atomic E-state index is 12.9. The van der Waals surface area contributed by atoms with Gasteiger partial charge in [0.1, 0.15) is 0 Å². The highest BCUT2D eigenvalue weighted by Crippen LogP contribution is 2.27. The number of carbonyl (C=O) groups is 1. The predicted octanol–water partition coefficient (Wildman–Crippen LogP) is 3.41. The van der Waals surface area contributed by atoms with Crippen molar-refractivity contribution in [3.05, 3.63) is 83.9 Å². The molecule has 0 aromatic heterocycles. The minimum atomic E-state index is -4.27. The van der Waals surface area contributed by atoms with Crippen molar-refractivity contribution < 1.29 is 21.6 Å². The highest BCUT2D eigenvalue weighted by atomic mass is 32.2. The fraction of sp³-hybridized carbons (Fsp3) is 0.0952. The van der Waals surface area contributed by atoms with Crippen LogP contribution in [0.3, 0.4) is 0 Å². The Labute approximate surface area is 175 Å². The Kier molecular flexibility index (Phi) is 5.69. The topological polar surface area (TPSA) is 115 Å². The largest absolute Gasteiger partial charge is 0.350 e. The summed E-state index contributed by atoms with van der Waals surface area (Å²) in [5.74, 6) is 0. The number of sulfone groups is 1. The van der Waals surface area contributed by atoms with Gasteiger partial charge >= 0.3 is 6.03 Å². The first-order chi connectivity index (χ1) is 14.0. The van der Waals surface area contributed by atoms with Gasteiger partial charge in [-0.05, 0) is 67.9 Å². The predicted molar refractivity (Wildman–Crippen MR) is 114 cm³/mol. The van der Waals surface area contributed by atoms with Crippen LogP contribution in [0.5, 0.6) is 0 Å². The van der Waals surface area contributed by atoms with Gasteiger partial charge in [0.15, 0.2) is 0 Å². The van der Waals surface area contributed by atoms with Gasteiger partial charge in [-0.1, -0.05) is 29.8 Å². The smallest absolute Gasteiger partial charge is 0.333 e. The van der Waals surface area contributed by atoms with E-state index in [0.717, 1.165) is 11.1 Å². The summed E-state index contributed by atoms with van der Waals surface area (Å²) < 4.78 is 52.0. The van der Waals surface area contributed by atoms with Gasteiger partial charge in [0.05, 0.1) is 20.4 Å². The van der Waals surface area contributed by atoms with Crippen molar-refractivity contribution in [3.63, 3.8) is 0 Å². The first kappa shape index (κ1) is 21.5. The summed E-state index contributed by atoms with van der Waals surface area (Å²) in [6.07, 6.45) is 0. The number of hydrogen-bond acceptors (Lipinski definition) is 5. The number of rotatable bonds is 5. The van der Waals surface area contributed by atoms with Crippen LogP contribution in [-0.2, 0) is 19.9 Å². The number of nitrogens with two attached hydrogens (primary N) is 1. The number of nitrogens with zero attached hydrogens (tertiary/aromatic N) is 1. The minimum absolute atomic E-state index is 0.0333. The molecule has 0 unspecified atom stereocenters. The lowest BCUT2D eigenvalue weighted by molar-refractivity contribution is 0.257. The molecule has 0 saturated heterocycles. The Morgan fingerprint density at radius 3 is 1.83 bits per heavy atom. The van der Waals surface area contributed by atoms with Crippen LogP contribution < -0.4 is 10.0 Å². The molecule has 2 N–H and O–H groups in total. The average molecular weight is 445 g/mol. The van der Waals surface area contributed by atoms with Crippen molar-refractivity contribution >= 4 is 31.6 Å². The fourth-order valence-corrected chi connectivity index (χ4v) is 5.57. The molecule has 0 atom stereocenters. The third kappa shape index (κ3) is 4.07. The van der Waals surface area contributed by atoms with Crippen LogP contribution in [0.25, 0.3) is 0 Å². The third-order valence-electron chi connectivity index (χ3n) is 4.44. The summed E-state index contributed by atoms with van der Waals surface area (Å²) in [4.78, 5) is 12.0. The lowest BCUT2D eigenvalue weighted by atomic mass is 10.2. The first-order valence-electron chi connectivity index (χ1n) is 8.87. The highest BCUT2D eigenvalue weighted by molar-refractivity contribution is 7.93. The Hall–Kier alpha value is -3.17. The number of amides is 2. The molecule has 0 spiro atoms. The molecule has 0 saturated carbocycles. The van der Waals surface area contributed by atoms with Crippen molar-refractivity contribution in [2.45, 2.75) is 28.5 Å². The van der Waals surface area contributed by atoms with Crippen LogP contribution in [0.2, 0.25) is 0 Å². The van der Waals surface area contributed by atoms with E-state index < -0.39 is 25.9 Å². The van der Waals surface area contributed by atoms with Gasteiger partial charge in [-0.25, -0.2) is 21.6 Å². The number of aryl methyl sites for hydroxylation is 2. The molecule has 0 aliphatic heterocycles. The van der Waals surface area contributed by atoms with E-state index in [4.69, 9.17) is 5.73 Å². The number of primary amides is 1. The van der Waals surface area contributed by atoms with E-state index in [2.05, 4.69) is 0 Å². The zero-order valence-corrected chi connectivity index (χ0v) is 17.9. The zero-order chi connectivity index (χ0) is 22.1. The van der Waals surface area contributed by atoms with Gasteiger partial charge < -0.3 is 5.73 Å². The van der Waals surface area contributed by atoms with E-state index in [-0.39, 0.29) is 20.4 Å². The SMILES string of the molecule is Cc1ccc(S(=O)(=O)N(C(N)=O)c2ccc(S(=O)(=O)c3cccc(C)c3)cc2)cc1. The summed E-state index contributed by atoms with van der Waals surface area (Å²) >= 11 is 0. The van der Waals surface area contributed by atoms with Crippen LogP contribution in [0, 0.1) is 13.8 Å². The van der Waals surface area contributed by atoms with Crippen LogP contribution in [0.1, 0.15) is 11.1 Å². The molecule has 7 nitrogen and oxygen atoms in total. The van der Waals surface area contributed by atoms with E-state index in [0.29, 0.717) is 4.31 Å². The number of urea groups is 1. The zero-order valence-electron chi connectivity index (χ0n) is 16.3. The molecule has 0 fully saturated rings. The van der Waals surface area contributed by atoms with Crippen LogP contribution >= 0.6 is 0 Å². The molecule has 3 aromatic rings. The van der Waals surface area contributed by atoms with Crippen molar-refractivity contribution in [1.29, 1.82) is 0 Å². The van der Waals surface area contributed by atoms with Crippen molar-refractivity contribution in [3.8, 4) is 0 Å². The number of benzene rings is 3. The quantitative estimate of drug-likeness (QED) is 0.648. The van der Waals surface area contributed by atoms with Crippen LogP contribution in [0.15, 0.2) is 87.5 Å². The number of anilines is 1. The molecule has 3 rings (SSSR count). The summed E-state index contributed by atoms with van der Waals surface area (Å²) in [5.41, 5.74) is 6.92. The second kappa shape index (κ2) is 7.92. The summed E-state index contributed by atoms with van der Waals surface area (Å²) in [7, 11) is -8.07. The Morgan fingerprint density at radius 1 is 0.733 bits per heavy atom. The van der Waals surface area contributed by atoms with Gasteiger partial charge in [0.2, 0.25) is 9.84 Å². The lowest BCUT2D eigenvalue weighted by Gasteiger charge is -2.20. The molecule has 0 radical (unpaired) electrons. The van der Waals surface area contributed by atoms with Crippen LogP contribution in [0.4, 0.5) is 10.5 Å². The van der Waals surface area contributed by atoms with Crippen molar-refractivity contribution in [2.24, 2.45) is 5.73 Å². The highest BCUT2D eigenvalue weighted by Gasteiger charge is 2.30. The Bertz CT molecular complexity index is 1300. The summed E-state index contributed by atoms with van der Waals surface area (Å²) in [5, 5.41) is 0. The minimum Gasteiger partial charge on any atom is -0.350 e. The normalized spacial score (nSPS) is 11.8. The molecule has 0 heterocycles. The molecule has 0 aliphatic rings. The maximum atomic E-state index is 12.9. The first-order valence-corrected chi connectivity index (χ1v) is 11.8. The third-order valence-corrected chi connectivity index (χ3v) is 7.95. The number of hydrogen-bond donors (Lipinski definition) is 1. The lowest BCUT2D eigenvalue weighted by Crippen LogP contribution is -2.40. The average Bonchev–Trinajstić information content (AvgIpc) is 2.68. The van der Waals surface area contributed by atoms with Gasteiger partial charge in [0.25, 0.3) is 10.0 Å². The fourth-order valence-electron chi connectivity index (χ4n) is 2.88. The standard InChI is InChI=1S/C21H20N2O5S2/c1-15-6-10-19(11-7-15)30(27,28)23(21(22)24)17-8-12-18(13-9-17)29(25,26)20-5-3-4-16(2)14-20/h3-14H,1-2H3,(H2,22,24). The van der Waals surface area contributed by atoms with Crippen molar-refractivity contribution in [1.82, 2.24) is 0 Å². The molecular weight excluding hydrogens is 424 g/mol. The number of sulfonamides is 1. The van der Waals surface area contributed by atoms with Crippen molar-refractivity contribution in [2.75, 3.05) is 4.31 Å². The second-order valence-electron chi connectivity index (χ2n) is 6.73. The molecule has 2 amide bonds. The number of carbonyl (C=O) groups excluding carboxylic acids is 1. The molecular formula is C21H20N2O5S2. The molecule has 0 aliphatic carbocycles. The van der Waals surface area contributed by atoms with E-state index in [1.54, 1.807) is 44.2 Å². The monoisotopic (exact) mass is 444 g/mol. The van der Waals surface area contributed by atoms with Gasteiger partial charge in [-0.3, -0.25) is 0 Å². The van der Waals surface area contributed by atoms with E-state index in [9.17, 15) is 21.6 Å². The van der Waals surface area contributed by atoms with Gasteiger partial charge in [-0.2, -0.15) is 4.31 Å². The molecule has 3 aromatic carbocycles. The Balaban J connectivity index is 2.02.